The van der Waals surface area contributed by atoms with Gasteiger partial charge in [-0.1, -0.05) is 47.6 Å². The summed E-state index contributed by atoms with van der Waals surface area (Å²) in [5, 5.41) is 4.66. The van der Waals surface area contributed by atoms with Gasteiger partial charge in [0, 0.05) is 18.2 Å². The molecule has 2 heterocycles. The van der Waals surface area contributed by atoms with E-state index in [2.05, 4.69) is 10.3 Å². The Morgan fingerprint density at radius 1 is 1.23 bits per heavy atom. The van der Waals surface area contributed by atoms with Crippen LogP contribution in [-0.2, 0) is 22.6 Å². The van der Waals surface area contributed by atoms with Crippen LogP contribution < -0.4 is 10.9 Å². The van der Waals surface area contributed by atoms with Crippen molar-refractivity contribution < 1.29 is 9.53 Å². The van der Waals surface area contributed by atoms with Crippen molar-refractivity contribution in [2.75, 3.05) is 12.4 Å². The van der Waals surface area contributed by atoms with E-state index in [1.807, 2.05) is 30.3 Å². The van der Waals surface area contributed by atoms with Gasteiger partial charge in [-0.25, -0.2) is 4.98 Å². The number of para-hydroxylation sites is 1. The van der Waals surface area contributed by atoms with Crippen molar-refractivity contribution in [1.82, 2.24) is 14.9 Å². The van der Waals surface area contributed by atoms with Crippen molar-refractivity contribution in [3.63, 3.8) is 0 Å². The number of carbonyl (C=O) groups excluding carboxylic acids is 1. The van der Waals surface area contributed by atoms with Crippen LogP contribution in [0.4, 0.5) is 0 Å². The topological polar surface area (TPSA) is 73.2 Å². The number of nitrogens with one attached hydrogen (secondary N) is 1. The number of thioether (sulfide) groups is 1. The summed E-state index contributed by atoms with van der Waals surface area (Å²) < 4.78 is 7.36. The Kier molecular flexibility index (Phi) is 6.72. The Labute approximate surface area is 183 Å². The highest BCUT2D eigenvalue weighted by Crippen LogP contribution is 2.21. The standard InChI is InChI=1S/C22H22ClN3O3S/c23-16-9-7-15(8-10-16)12-24-20(27)14-30-22-25-19-6-2-1-5-18(19)21(28)26(22)13-17-4-3-11-29-17/h1-2,5-10,17H,3-4,11-14H2,(H,24,27). The molecule has 1 atom stereocenters. The van der Waals surface area contributed by atoms with Gasteiger partial charge in [-0.15, -0.1) is 0 Å². The van der Waals surface area contributed by atoms with Crippen LogP contribution in [0.3, 0.4) is 0 Å². The summed E-state index contributed by atoms with van der Waals surface area (Å²) >= 11 is 7.16. The minimum Gasteiger partial charge on any atom is -0.376 e. The third-order valence-electron chi connectivity index (χ3n) is 4.97. The molecule has 0 saturated carbocycles. The number of fused-ring (bicyclic) bond motifs is 1. The summed E-state index contributed by atoms with van der Waals surface area (Å²) in [6.07, 6.45) is 1.92. The van der Waals surface area contributed by atoms with Gasteiger partial charge in [-0.2, -0.15) is 0 Å². The molecule has 30 heavy (non-hydrogen) atoms. The summed E-state index contributed by atoms with van der Waals surface area (Å²) in [4.78, 5) is 30.1. The maximum absolute atomic E-state index is 13.1. The number of halogens is 1. The molecule has 0 radical (unpaired) electrons. The van der Waals surface area contributed by atoms with Gasteiger partial charge in [0.15, 0.2) is 5.16 Å². The Balaban J connectivity index is 1.48. The van der Waals surface area contributed by atoms with E-state index < -0.39 is 0 Å². The molecule has 1 saturated heterocycles. The highest BCUT2D eigenvalue weighted by Gasteiger charge is 2.20. The van der Waals surface area contributed by atoms with Crippen molar-refractivity contribution >= 4 is 40.2 Å². The molecule has 0 bridgehead atoms. The second-order valence-electron chi connectivity index (χ2n) is 7.15. The number of hydrogen-bond donors (Lipinski definition) is 1. The molecule has 1 aromatic heterocycles. The Morgan fingerprint density at radius 2 is 2.03 bits per heavy atom. The molecule has 1 N–H and O–H groups in total. The summed E-state index contributed by atoms with van der Waals surface area (Å²) in [5.74, 6) is 0.0465. The molecule has 1 aliphatic rings. The van der Waals surface area contributed by atoms with Crippen molar-refractivity contribution in [3.05, 3.63) is 69.5 Å². The van der Waals surface area contributed by atoms with Crippen LogP contribution in [0.5, 0.6) is 0 Å². The van der Waals surface area contributed by atoms with Crippen LogP contribution >= 0.6 is 23.4 Å². The molecular weight excluding hydrogens is 422 g/mol. The second-order valence-corrected chi connectivity index (χ2v) is 8.53. The summed E-state index contributed by atoms with van der Waals surface area (Å²) in [7, 11) is 0. The third-order valence-corrected chi connectivity index (χ3v) is 6.20. The van der Waals surface area contributed by atoms with E-state index in [9.17, 15) is 9.59 Å². The lowest BCUT2D eigenvalue weighted by Crippen LogP contribution is -2.30. The summed E-state index contributed by atoms with van der Waals surface area (Å²) in [5.41, 5.74) is 1.51. The number of rotatable bonds is 7. The quantitative estimate of drug-likeness (QED) is 0.446. The number of ether oxygens (including phenoxy) is 1. The number of hydrogen-bond acceptors (Lipinski definition) is 5. The molecule has 0 spiro atoms. The maximum Gasteiger partial charge on any atom is 0.262 e. The molecule has 8 heteroatoms. The first-order valence-corrected chi connectivity index (χ1v) is 11.2. The van der Waals surface area contributed by atoms with Crippen molar-refractivity contribution in [3.8, 4) is 0 Å². The SMILES string of the molecule is O=C(CSc1nc2ccccc2c(=O)n1CC1CCCO1)NCc1ccc(Cl)cc1. The molecule has 156 valence electrons. The van der Waals surface area contributed by atoms with Gasteiger partial charge in [0.1, 0.15) is 0 Å². The minimum absolute atomic E-state index is 0.00347. The predicted molar refractivity (Wildman–Crippen MR) is 119 cm³/mol. The zero-order chi connectivity index (χ0) is 20.9. The first kappa shape index (κ1) is 20.9. The number of nitrogens with zero attached hydrogens (tertiary/aromatic N) is 2. The molecule has 2 aromatic carbocycles. The van der Waals surface area contributed by atoms with Crippen LogP contribution in [0.15, 0.2) is 58.5 Å². The average molecular weight is 444 g/mol. The number of carbonyl (C=O) groups is 1. The normalized spacial score (nSPS) is 16.1. The lowest BCUT2D eigenvalue weighted by atomic mass is 10.2. The number of aromatic nitrogens is 2. The molecule has 1 aliphatic heterocycles. The Morgan fingerprint density at radius 3 is 2.80 bits per heavy atom. The summed E-state index contributed by atoms with van der Waals surface area (Å²) in [6.45, 7) is 1.59. The minimum atomic E-state index is -0.124. The zero-order valence-electron chi connectivity index (χ0n) is 16.3. The molecule has 1 amide bonds. The number of benzene rings is 2. The van der Waals surface area contributed by atoms with Gasteiger partial charge < -0.3 is 10.1 Å². The number of amides is 1. The lowest BCUT2D eigenvalue weighted by Gasteiger charge is -2.16. The highest BCUT2D eigenvalue weighted by molar-refractivity contribution is 7.99. The van der Waals surface area contributed by atoms with E-state index in [0.717, 1.165) is 25.0 Å². The van der Waals surface area contributed by atoms with Gasteiger partial charge in [-0.3, -0.25) is 14.2 Å². The van der Waals surface area contributed by atoms with Crippen molar-refractivity contribution in [2.24, 2.45) is 0 Å². The fourth-order valence-corrected chi connectivity index (χ4v) is 4.36. The van der Waals surface area contributed by atoms with Crippen LogP contribution in [-0.4, -0.2) is 33.9 Å². The van der Waals surface area contributed by atoms with E-state index in [4.69, 9.17) is 16.3 Å². The molecule has 1 fully saturated rings. The van der Waals surface area contributed by atoms with E-state index >= 15 is 0 Å². The first-order valence-electron chi connectivity index (χ1n) is 9.85. The van der Waals surface area contributed by atoms with E-state index in [1.54, 1.807) is 22.8 Å². The third kappa shape index (κ3) is 5.03. The van der Waals surface area contributed by atoms with Crippen LogP contribution in [0.1, 0.15) is 18.4 Å². The monoisotopic (exact) mass is 443 g/mol. The smallest absolute Gasteiger partial charge is 0.262 e. The van der Waals surface area contributed by atoms with E-state index in [-0.39, 0.29) is 23.3 Å². The molecular formula is C22H22ClN3O3S. The van der Waals surface area contributed by atoms with Gasteiger partial charge in [-0.05, 0) is 42.7 Å². The van der Waals surface area contributed by atoms with E-state index in [0.29, 0.717) is 34.2 Å². The Hall–Kier alpha value is -2.35. The average Bonchev–Trinajstić information content (AvgIpc) is 3.27. The predicted octanol–water partition coefficient (Wildman–Crippen LogP) is 3.64. The van der Waals surface area contributed by atoms with Gasteiger partial charge in [0.25, 0.3) is 5.56 Å². The molecule has 3 aromatic rings. The van der Waals surface area contributed by atoms with Crippen molar-refractivity contribution in [2.45, 2.75) is 37.2 Å². The second kappa shape index (κ2) is 9.64. The summed E-state index contributed by atoms with van der Waals surface area (Å²) in [6, 6.07) is 14.6. The van der Waals surface area contributed by atoms with Gasteiger partial charge in [0.2, 0.25) is 5.91 Å². The molecule has 6 nitrogen and oxygen atoms in total. The Bertz CT molecular complexity index is 1090. The fraction of sp³-hybridized carbons (Fsp3) is 0.318. The lowest BCUT2D eigenvalue weighted by molar-refractivity contribution is -0.118. The van der Waals surface area contributed by atoms with E-state index in [1.165, 1.54) is 11.8 Å². The van der Waals surface area contributed by atoms with Gasteiger partial charge in [0.05, 0.1) is 29.3 Å². The maximum atomic E-state index is 13.1. The van der Waals surface area contributed by atoms with Crippen LogP contribution in [0, 0.1) is 0 Å². The first-order chi connectivity index (χ1) is 14.6. The zero-order valence-corrected chi connectivity index (χ0v) is 17.9. The largest absolute Gasteiger partial charge is 0.376 e. The highest BCUT2D eigenvalue weighted by atomic mass is 35.5. The van der Waals surface area contributed by atoms with Gasteiger partial charge >= 0.3 is 0 Å². The molecule has 1 unspecified atom stereocenters. The fourth-order valence-electron chi connectivity index (χ4n) is 3.39. The van der Waals surface area contributed by atoms with Crippen LogP contribution in [0.25, 0.3) is 10.9 Å². The van der Waals surface area contributed by atoms with Crippen LogP contribution in [0.2, 0.25) is 5.02 Å². The molecule has 0 aliphatic carbocycles. The molecule has 4 rings (SSSR count). The van der Waals surface area contributed by atoms with Crippen molar-refractivity contribution in [1.29, 1.82) is 0 Å².